The molecule has 0 saturated carbocycles. The maximum absolute atomic E-state index is 11.8. The number of benzene rings is 1. The van der Waals surface area contributed by atoms with Crippen LogP contribution in [0.4, 0.5) is 0 Å². The van der Waals surface area contributed by atoms with E-state index in [2.05, 4.69) is 13.2 Å². The second kappa shape index (κ2) is 12.0. The molecular weight excluding hydrogens is 256 g/mol. The lowest BCUT2D eigenvalue weighted by Gasteiger charge is -2.03. The average Bonchev–Trinajstić information content (AvgIpc) is 2.49. The Kier molecular flexibility index (Phi) is 11.3. The van der Waals surface area contributed by atoms with E-state index in [0.29, 0.717) is 6.42 Å². The van der Waals surface area contributed by atoms with Crippen LogP contribution in [0, 0.1) is 0 Å². The molecule has 0 aliphatic carbocycles. The summed E-state index contributed by atoms with van der Waals surface area (Å²) in [5, 5.41) is 0. The van der Waals surface area contributed by atoms with Crippen LogP contribution in [0.2, 0.25) is 0 Å². The molecule has 0 aliphatic heterocycles. The van der Waals surface area contributed by atoms with Crippen molar-refractivity contribution in [3.05, 3.63) is 43.0 Å². The number of ketones is 1. The molecule has 0 fully saturated rings. The predicted molar refractivity (Wildman–Crippen MR) is 84.2 cm³/mol. The molecule has 0 saturated heterocycles. The van der Waals surface area contributed by atoms with Crippen LogP contribution in [-0.4, -0.2) is 25.3 Å². The summed E-state index contributed by atoms with van der Waals surface area (Å²) in [6, 6.07) is 7.82. The lowest BCUT2D eigenvalue weighted by molar-refractivity contribution is 0.0970. The minimum atomic E-state index is 0.231. The number of Topliss-reactive ketones (excluding diaryl/α,β-unsaturated/α-hetero) is 1. The van der Waals surface area contributed by atoms with Crippen molar-refractivity contribution in [3.8, 4) is 0 Å². The van der Waals surface area contributed by atoms with Gasteiger partial charge in [-0.05, 0) is 38.2 Å². The van der Waals surface area contributed by atoms with Gasteiger partial charge in [-0.3, -0.25) is 4.79 Å². The first-order valence-corrected chi connectivity index (χ1v) is 7.75. The van der Waals surface area contributed by atoms with Gasteiger partial charge in [-0.2, -0.15) is 0 Å². The summed E-state index contributed by atoms with van der Waals surface area (Å²) in [6.45, 7) is 9.50. The van der Waals surface area contributed by atoms with E-state index in [9.17, 15) is 4.79 Å². The molecule has 0 N–H and O–H groups in total. The van der Waals surface area contributed by atoms with Crippen molar-refractivity contribution >= 4 is 17.5 Å². The van der Waals surface area contributed by atoms with E-state index in [1.54, 1.807) is 11.8 Å². The molecule has 0 atom stereocenters. The number of thioether (sulfide) groups is 1. The lowest BCUT2D eigenvalue weighted by Crippen LogP contribution is -2.00. The maximum atomic E-state index is 11.8. The van der Waals surface area contributed by atoms with Crippen molar-refractivity contribution in [2.45, 2.75) is 31.1 Å². The fourth-order valence-corrected chi connectivity index (χ4v) is 1.96. The molecule has 0 spiro atoms. The van der Waals surface area contributed by atoms with Crippen LogP contribution in [0.1, 0.15) is 36.5 Å². The van der Waals surface area contributed by atoms with Gasteiger partial charge in [-0.1, -0.05) is 12.1 Å². The molecule has 0 amide bonds. The third kappa shape index (κ3) is 7.85. The minimum Gasteiger partial charge on any atom is -0.382 e. The highest BCUT2D eigenvalue weighted by atomic mass is 32.2. The number of rotatable bonds is 8. The van der Waals surface area contributed by atoms with Gasteiger partial charge < -0.3 is 4.74 Å². The molecule has 3 heteroatoms. The summed E-state index contributed by atoms with van der Waals surface area (Å²) in [4.78, 5) is 13.0. The Morgan fingerprint density at radius 2 is 1.84 bits per heavy atom. The Labute approximate surface area is 121 Å². The highest BCUT2D eigenvalue weighted by Crippen LogP contribution is 2.16. The molecule has 1 aromatic carbocycles. The molecule has 106 valence electrons. The van der Waals surface area contributed by atoms with E-state index in [1.807, 2.05) is 37.4 Å². The minimum absolute atomic E-state index is 0.231. The Balaban J connectivity index is 0.00000154. The van der Waals surface area contributed by atoms with Crippen LogP contribution in [0.15, 0.2) is 42.3 Å². The summed E-state index contributed by atoms with van der Waals surface area (Å²) >= 11 is 1.69. The maximum Gasteiger partial charge on any atom is 0.162 e. The summed E-state index contributed by atoms with van der Waals surface area (Å²) < 4.78 is 5.24. The van der Waals surface area contributed by atoms with Crippen molar-refractivity contribution in [2.75, 3.05) is 19.5 Å². The standard InChI is InChI=1S/C14H20O2S.C2H4/c1-3-16-11-5-4-6-14(15)12-7-9-13(17-2)10-8-12;1-2/h7-10H,3-6,11H2,1-2H3;1-2H2. The number of hydrogen-bond donors (Lipinski definition) is 0. The Morgan fingerprint density at radius 3 is 2.37 bits per heavy atom. The smallest absolute Gasteiger partial charge is 0.162 e. The molecule has 19 heavy (non-hydrogen) atoms. The van der Waals surface area contributed by atoms with Gasteiger partial charge in [-0.25, -0.2) is 0 Å². The largest absolute Gasteiger partial charge is 0.382 e. The zero-order valence-electron chi connectivity index (χ0n) is 12.0. The zero-order valence-corrected chi connectivity index (χ0v) is 12.8. The molecule has 0 bridgehead atoms. The molecule has 0 radical (unpaired) electrons. The normalized spacial score (nSPS) is 9.58. The van der Waals surface area contributed by atoms with E-state index < -0.39 is 0 Å². The van der Waals surface area contributed by atoms with Crippen LogP contribution in [0.25, 0.3) is 0 Å². The van der Waals surface area contributed by atoms with Crippen LogP contribution < -0.4 is 0 Å². The summed E-state index contributed by atoms with van der Waals surface area (Å²) in [7, 11) is 0. The number of unbranched alkanes of at least 4 members (excludes halogenated alkanes) is 1. The highest BCUT2D eigenvalue weighted by Gasteiger charge is 2.05. The Bertz CT molecular complexity index is 346. The third-order valence-corrected chi connectivity index (χ3v) is 3.30. The monoisotopic (exact) mass is 280 g/mol. The summed E-state index contributed by atoms with van der Waals surface area (Å²) in [6.07, 6.45) is 4.52. The molecule has 0 heterocycles. The van der Waals surface area contributed by atoms with E-state index in [0.717, 1.165) is 31.6 Å². The van der Waals surface area contributed by atoms with Crippen molar-refractivity contribution in [1.82, 2.24) is 0 Å². The van der Waals surface area contributed by atoms with Crippen LogP contribution >= 0.6 is 11.8 Å². The molecule has 0 aromatic heterocycles. The van der Waals surface area contributed by atoms with Crippen LogP contribution in [0.3, 0.4) is 0 Å². The number of ether oxygens (including phenoxy) is 1. The van der Waals surface area contributed by atoms with Gasteiger partial charge in [0.2, 0.25) is 0 Å². The topological polar surface area (TPSA) is 26.3 Å². The Hall–Kier alpha value is -1.06. The zero-order chi connectivity index (χ0) is 14.5. The van der Waals surface area contributed by atoms with Gasteiger partial charge in [0.25, 0.3) is 0 Å². The van der Waals surface area contributed by atoms with Crippen molar-refractivity contribution < 1.29 is 9.53 Å². The highest BCUT2D eigenvalue weighted by molar-refractivity contribution is 7.98. The van der Waals surface area contributed by atoms with Gasteiger partial charge in [0, 0.05) is 30.1 Å². The van der Waals surface area contributed by atoms with E-state index in [-0.39, 0.29) is 5.78 Å². The second-order valence-corrected chi connectivity index (χ2v) is 4.69. The van der Waals surface area contributed by atoms with E-state index in [4.69, 9.17) is 4.74 Å². The molecule has 2 nitrogen and oxygen atoms in total. The van der Waals surface area contributed by atoms with Crippen molar-refractivity contribution in [2.24, 2.45) is 0 Å². The van der Waals surface area contributed by atoms with Gasteiger partial charge >= 0.3 is 0 Å². The fraction of sp³-hybridized carbons (Fsp3) is 0.438. The van der Waals surface area contributed by atoms with Crippen LogP contribution in [0.5, 0.6) is 0 Å². The first-order valence-electron chi connectivity index (χ1n) is 6.53. The average molecular weight is 280 g/mol. The van der Waals surface area contributed by atoms with Gasteiger partial charge in [-0.15, -0.1) is 24.9 Å². The third-order valence-electron chi connectivity index (χ3n) is 2.56. The molecular formula is C16H24O2S. The Morgan fingerprint density at radius 1 is 1.21 bits per heavy atom. The van der Waals surface area contributed by atoms with Gasteiger partial charge in [0.05, 0.1) is 0 Å². The quantitative estimate of drug-likeness (QED) is 0.301. The fourth-order valence-electron chi connectivity index (χ4n) is 1.56. The first kappa shape index (κ1) is 17.9. The predicted octanol–water partition coefficient (Wildman–Crippen LogP) is 4.60. The lowest BCUT2D eigenvalue weighted by atomic mass is 10.1. The molecule has 0 unspecified atom stereocenters. The SMILES string of the molecule is C=C.CCOCCCCC(=O)c1ccc(SC)cc1. The van der Waals surface area contributed by atoms with Gasteiger partial charge in [0.15, 0.2) is 5.78 Å². The number of carbonyl (C=O) groups is 1. The van der Waals surface area contributed by atoms with Gasteiger partial charge in [0.1, 0.15) is 0 Å². The number of carbonyl (C=O) groups excluding carboxylic acids is 1. The molecule has 1 rings (SSSR count). The summed E-state index contributed by atoms with van der Waals surface area (Å²) in [5.41, 5.74) is 0.819. The molecule has 0 aliphatic rings. The van der Waals surface area contributed by atoms with Crippen molar-refractivity contribution in [1.29, 1.82) is 0 Å². The van der Waals surface area contributed by atoms with E-state index in [1.165, 1.54) is 4.90 Å². The molecule has 1 aromatic rings. The van der Waals surface area contributed by atoms with Crippen LogP contribution in [-0.2, 0) is 4.74 Å². The summed E-state index contributed by atoms with van der Waals surface area (Å²) in [5.74, 6) is 0.231. The van der Waals surface area contributed by atoms with E-state index >= 15 is 0 Å². The first-order chi connectivity index (χ1) is 9.27. The van der Waals surface area contributed by atoms with Crippen molar-refractivity contribution in [3.63, 3.8) is 0 Å². The second-order valence-electron chi connectivity index (χ2n) is 3.81. The number of hydrogen-bond acceptors (Lipinski definition) is 3.